The Morgan fingerprint density at radius 3 is 2.57 bits per heavy atom. The quantitative estimate of drug-likeness (QED) is 0.889. The summed E-state index contributed by atoms with van der Waals surface area (Å²) in [4.78, 5) is 0. The van der Waals surface area contributed by atoms with E-state index in [1.54, 1.807) is 0 Å². The van der Waals surface area contributed by atoms with Gasteiger partial charge in [0.2, 0.25) is 0 Å². The molecule has 2 aromatic heterocycles. The molecule has 0 spiro atoms. The third-order valence-electron chi connectivity index (χ3n) is 3.95. The third-order valence-corrected chi connectivity index (χ3v) is 3.95. The largest absolute Gasteiger partial charge is 0.308 e. The zero-order valence-corrected chi connectivity index (χ0v) is 13.9. The molecule has 2 heterocycles. The first kappa shape index (κ1) is 15.8. The van der Waals surface area contributed by atoms with Gasteiger partial charge in [0, 0.05) is 35.5 Å². The maximum absolute atomic E-state index is 4.40. The molecule has 0 amide bonds. The lowest BCUT2D eigenvalue weighted by atomic mass is 9.89. The highest BCUT2D eigenvalue weighted by Gasteiger charge is 2.21. The minimum atomic E-state index is 0.0848. The van der Waals surface area contributed by atoms with Crippen LogP contribution in [0.1, 0.15) is 57.5 Å². The first-order valence-electron chi connectivity index (χ1n) is 7.56. The molecule has 0 aliphatic rings. The summed E-state index contributed by atoms with van der Waals surface area (Å²) in [6.45, 7) is 13.8. The molecule has 2 aromatic rings. The van der Waals surface area contributed by atoms with E-state index < -0.39 is 0 Å². The molecule has 2 rings (SSSR count). The van der Waals surface area contributed by atoms with E-state index in [4.69, 9.17) is 0 Å². The van der Waals surface area contributed by atoms with Crippen LogP contribution in [0.15, 0.2) is 18.6 Å². The molecular weight excluding hydrogens is 262 g/mol. The normalized spacial score (nSPS) is 15.1. The zero-order valence-electron chi connectivity index (χ0n) is 13.9. The number of aromatic nitrogens is 4. The lowest BCUT2D eigenvalue weighted by molar-refractivity contribution is 0.364. The molecule has 21 heavy (non-hydrogen) atoms. The van der Waals surface area contributed by atoms with E-state index in [2.05, 4.69) is 68.4 Å². The van der Waals surface area contributed by atoms with Gasteiger partial charge in [0.05, 0.1) is 18.4 Å². The van der Waals surface area contributed by atoms with Crippen LogP contribution in [0.5, 0.6) is 0 Å². The number of aryl methyl sites for hydroxylation is 1. The smallest absolute Gasteiger partial charge is 0.0641 e. The van der Waals surface area contributed by atoms with Crippen LogP contribution in [0.4, 0.5) is 0 Å². The minimum absolute atomic E-state index is 0.0848. The standard InChI is InChI=1S/C16H27N5/c1-11-7-19-21(10-11)13(3)12(2)17-8-14-9-18-20-15(14)16(4,5)6/h7,9-10,12-13,17H,8H2,1-6H3,(H,18,20)/t12-,13+/m0/s1. The monoisotopic (exact) mass is 289 g/mol. The summed E-state index contributed by atoms with van der Waals surface area (Å²) in [5, 5.41) is 15.3. The fourth-order valence-corrected chi connectivity index (χ4v) is 2.42. The maximum atomic E-state index is 4.40. The summed E-state index contributed by atoms with van der Waals surface area (Å²) in [6.07, 6.45) is 5.90. The molecule has 0 saturated heterocycles. The van der Waals surface area contributed by atoms with Crippen LogP contribution in [0.2, 0.25) is 0 Å². The highest BCUT2D eigenvalue weighted by Crippen LogP contribution is 2.23. The van der Waals surface area contributed by atoms with Crippen molar-refractivity contribution < 1.29 is 0 Å². The Kier molecular flexibility index (Phi) is 4.52. The van der Waals surface area contributed by atoms with E-state index >= 15 is 0 Å². The van der Waals surface area contributed by atoms with Crippen molar-refractivity contribution in [2.45, 2.75) is 65.6 Å². The van der Waals surface area contributed by atoms with Crippen molar-refractivity contribution >= 4 is 0 Å². The van der Waals surface area contributed by atoms with Gasteiger partial charge in [-0.2, -0.15) is 10.2 Å². The highest BCUT2D eigenvalue weighted by molar-refractivity contribution is 5.23. The van der Waals surface area contributed by atoms with Crippen molar-refractivity contribution in [3.63, 3.8) is 0 Å². The van der Waals surface area contributed by atoms with Gasteiger partial charge >= 0.3 is 0 Å². The Labute approximate surface area is 127 Å². The van der Waals surface area contributed by atoms with Gasteiger partial charge in [-0.05, 0) is 26.3 Å². The Hall–Kier alpha value is -1.62. The summed E-state index contributed by atoms with van der Waals surface area (Å²) in [5.74, 6) is 0. The average molecular weight is 289 g/mol. The Balaban J connectivity index is 1.98. The summed E-state index contributed by atoms with van der Waals surface area (Å²) >= 11 is 0. The van der Waals surface area contributed by atoms with Crippen molar-refractivity contribution in [2.75, 3.05) is 0 Å². The minimum Gasteiger partial charge on any atom is -0.308 e. The van der Waals surface area contributed by atoms with Gasteiger partial charge in [-0.3, -0.25) is 9.78 Å². The molecule has 0 unspecified atom stereocenters. The van der Waals surface area contributed by atoms with Crippen LogP contribution in [0.25, 0.3) is 0 Å². The van der Waals surface area contributed by atoms with Gasteiger partial charge in [0.1, 0.15) is 0 Å². The van der Waals surface area contributed by atoms with Gasteiger partial charge in [0.15, 0.2) is 0 Å². The van der Waals surface area contributed by atoms with E-state index in [1.807, 2.05) is 17.1 Å². The first-order valence-corrected chi connectivity index (χ1v) is 7.56. The highest BCUT2D eigenvalue weighted by atomic mass is 15.3. The predicted molar refractivity (Wildman–Crippen MR) is 85.3 cm³/mol. The van der Waals surface area contributed by atoms with Gasteiger partial charge in [-0.25, -0.2) is 0 Å². The summed E-state index contributed by atoms with van der Waals surface area (Å²) in [5.41, 5.74) is 3.71. The lowest BCUT2D eigenvalue weighted by Gasteiger charge is -2.23. The van der Waals surface area contributed by atoms with Crippen LogP contribution in [0.3, 0.4) is 0 Å². The first-order chi connectivity index (χ1) is 9.79. The number of H-pyrrole nitrogens is 1. The lowest BCUT2D eigenvalue weighted by Crippen LogP contribution is -2.34. The van der Waals surface area contributed by atoms with Crippen molar-refractivity contribution in [3.8, 4) is 0 Å². The molecule has 0 radical (unpaired) electrons. The molecule has 0 bridgehead atoms. The topological polar surface area (TPSA) is 58.5 Å². The SMILES string of the molecule is Cc1cnn([C@H](C)[C@H](C)NCc2cn[nH]c2C(C)(C)C)c1. The van der Waals surface area contributed by atoms with E-state index in [0.29, 0.717) is 12.1 Å². The number of nitrogens with one attached hydrogen (secondary N) is 2. The van der Waals surface area contributed by atoms with Crippen molar-refractivity contribution in [1.29, 1.82) is 0 Å². The van der Waals surface area contributed by atoms with E-state index in [1.165, 1.54) is 16.8 Å². The maximum Gasteiger partial charge on any atom is 0.0641 e. The molecule has 5 nitrogen and oxygen atoms in total. The Morgan fingerprint density at radius 2 is 2.00 bits per heavy atom. The van der Waals surface area contributed by atoms with Crippen LogP contribution in [-0.4, -0.2) is 26.0 Å². The van der Waals surface area contributed by atoms with E-state index in [-0.39, 0.29) is 5.41 Å². The molecule has 0 aliphatic heterocycles. The van der Waals surface area contributed by atoms with Crippen molar-refractivity contribution in [3.05, 3.63) is 35.4 Å². The molecule has 2 N–H and O–H groups in total. The average Bonchev–Trinajstić information content (AvgIpc) is 3.02. The van der Waals surface area contributed by atoms with E-state index in [0.717, 1.165) is 6.54 Å². The van der Waals surface area contributed by atoms with Gasteiger partial charge in [-0.15, -0.1) is 0 Å². The van der Waals surface area contributed by atoms with Crippen molar-refractivity contribution in [1.82, 2.24) is 25.3 Å². The van der Waals surface area contributed by atoms with Gasteiger partial charge in [-0.1, -0.05) is 20.8 Å². The predicted octanol–water partition coefficient (Wildman–Crippen LogP) is 2.95. The van der Waals surface area contributed by atoms with Gasteiger partial charge in [0.25, 0.3) is 0 Å². The van der Waals surface area contributed by atoms with Crippen molar-refractivity contribution in [2.24, 2.45) is 0 Å². The summed E-state index contributed by atoms with van der Waals surface area (Å²) < 4.78 is 2.02. The molecule has 0 saturated carbocycles. The number of aromatic amines is 1. The second kappa shape index (κ2) is 6.02. The number of hydrogen-bond acceptors (Lipinski definition) is 3. The summed E-state index contributed by atoms with van der Waals surface area (Å²) in [7, 11) is 0. The van der Waals surface area contributed by atoms with E-state index in [9.17, 15) is 0 Å². The van der Waals surface area contributed by atoms with Gasteiger partial charge < -0.3 is 5.32 Å². The molecule has 116 valence electrons. The fraction of sp³-hybridized carbons (Fsp3) is 0.625. The molecule has 0 aromatic carbocycles. The Bertz CT molecular complexity index is 576. The van der Waals surface area contributed by atoms with Crippen LogP contribution in [-0.2, 0) is 12.0 Å². The zero-order chi connectivity index (χ0) is 15.6. The van der Waals surface area contributed by atoms with Crippen LogP contribution < -0.4 is 5.32 Å². The number of nitrogens with zero attached hydrogens (tertiary/aromatic N) is 3. The molecule has 5 heteroatoms. The third kappa shape index (κ3) is 3.73. The second-order valence-corrected chi connectivity index (χ2v) is 6.93. The van der Waals surface area contributed by atoms with Crippen LogP contribution >= 0.6 is 0 Å². The summed E-state index contributed by atoms with van der Waals surface area (Å²) in [6, 6.07) is 0.635. The fourth-order valence-electron chi connectivity index (χ4n) is 2.42. The number of hydrogen-bond donors (Lipinski definition) is 2. The second-order valence-electron chi connectivity index (χ2n) is 6.93. The molecule has 0 aliphatic carbocycles. The molecular formula is C16H27N5. The number of rotatable bonds is 5. The molecule has 0 fully saturated rings. The molecule has 2 atom stereocenters. The van der Waals surface area contributed by atoms with Crippen LogP contribution in [0, 0.1) is 6.92 Å². The Morgan fingerprint density at radius 1 is 1.29 bits per heavy atom.